The van der Waals surface area contributed by atoms with Gasteiger partial charge in [0.25, 0.3) is 5.91 Å². The largest absolute Gasteiger partial charge is 0.488 e. The molecule has 0 saturated carbocycles. The van der Waals surface area contributed by atoms with E-state index in [1.165, 1.54) is 12.1 Å². The van der Waals surface area contributed by atoms with Crippen molar-refractivity contribution in [2.24, 2.45) is 0 Å². The number of hydrogen-bond donors (Lipinski definition) is 1. The summed E-state index contributed by atoms with van der Waals surface area (Å²) in [5.74, 6) is -0.0909. The van der Waals surface area contributed by atoms with Crippen LogP contribution in [0.15, 0.2) is 48.5 Å². The van der Waals surface area contributed by atoms with Crippen LogP contribution in [0.4, 0.5) is 10.1 Å². The van der Waals surface area contributed by atoms with Crippen LogP contribution in [0.25, 0.3) is 11.1 Å². The molecule has 0 bridgehead atoms. The number of rotatable bonds is 4. The topological polar surface area (TPSA) is 43.3 Å². The Hall–Kier alpha value is -2.47. The molecular formula is C23H27FN2O2S. The first-order chi connectivity index (χ1) is 13.7. The molecule has 4 rings (SSSR count). The normalized spacial score (nSPS) is 19.4. The summed E-state index contributed by atoms with van der Waals surface area (Å²) in [5, 5.41) is 3.85. The van der Waals surface area contributed by atoms with Crippen molar-refractivity contribution in [1.29, 1.82) is 0 Å². The zero-order valence-electron chi connectivity index (χ0n) is 17.5. The first-order valence-electron chi connectivity index (χ1n) is 9.85. The van der Waals surface area contributed by atoms with Gasteiger partial charge in [-0.05, 0) is 52.7 Å². The lowest BCUT2D eigenvalue weighted by Crippen LogP contribution is -2.25. The van der Waals surface area contributed by atoms with Crippen molar-refractivity contribution in [3.05, 3.63) is 65.4 Å². The van der Waals surface area contributed by atoms with Crippen LogP contribution in [0.3, 0.4) is 0 Å². The third-order valence-corrected chi connectivity index (χ3v) is 11.0. The van der Waals surface area contributed by atoms with Gasteiger partial charge in [-0.15, -0.1) is 0 Å². The fourth-order valence-electron chi connectivity index (χ4n) is 3.94. The van der Waals surface area contributed by atoms with E-state index in [1.54, 1.807) is 6.07 Å². The second-order valence-corrected chi connectivity index (χ2v) is 12.5. The molecule has 2 aliphatic rings. The Morgan fingerprint density at radius 3 is 2.59 bits per heavy atom. The Balaban J connectivity index is 1.70. The van der Waals surface area contributed by atoms with Crippen LogP contribution in [0.5, 0.6) is 0 Å². The van der Waals surface area contributed by atoms with Crippen LogP contribution >= 0.6 is 10.2 Å². The van der Waals surface area contributed by atoms with Gasteiger partial charge in [0.2, 0.25) is 0 Å². The smallest absolute Gasteiger partial charge is 0.260 e. The van der Waals surface area contributed by atoms with E-state index in [0.29, 0.717) is 39.7 Å². The summed E-state index contributed by atoms with van der Waals surface area (Å²) in [6, 6.07) is 6.44. The van der Waals surface area contributed by atoms with Gasteiger partial charge in [0.1, 0.15) is 18.2 Å². The van der Waals surface area contributed by atoms with E-state index in [9.17, 15) is 9.18 Å². The van der Waals surface area contributed by atoms with Crippen LogP contribution in [0.1, 0.15) is 38.8 Å². The molecule has 1 N–H and O–H groups in total. The van der Waals surface area contributed by atoms with Gasteiger partial charge in [-0.3, -0.25) is 4.79 Å². The van der Waals surface area contributed by atoms with Gasteiger partial charge < -0.3 is 14.0 Å². The molecule has 3 heterocycles. The molecular weight excluding hydrogens is 387 g/mol. The zero-order chi connectivity index (χ0) is 20.9. The van der Waals surface area contributed by atoms with Crippen LogP contribution in [-0.4, -0.2) is 33.2 Å². The monoisotopic (exact) mass is 414 g/mol. The van der Waals surface area contributed by atoms with Gasteiger partial charge in [-0.25, -0.2) is 4.39 Å². The molecule has 154 valence electrons. The number of halogens is 1. The lowest BCUT2D eigenvalue weighted by Gasteiger charge is -2.45. The maximum absolute atomic E-state index is 13.5. The lowest BCUT2D eigenvalue weighted by molar-refractivity contribution is -0.110. The van der Waals surface area contributed by atoms with Gasteiger partial charge in [0, 0.05) is 23.5 Å². The van der Waals surface area contributed by atoms with Gasteiger partial charge in [0.15, 0.2) is 0 Å². The number of ether oxygens (including phenoxy) is 1. The van der Waals surface area contributed by atoms with E-state index < -0.39 is 10.2 Å². The molecule has 0 saturated heterocycles. The number of nitrogens with zero attached hydrogens (tertiary/aromatic N) is 1. The number of carbonyl (C=O) groups excluding carboxylic acids is 1. The molecule has 0 radical (unpaired) electrons. The molecule has 1 amide bonds. The maximum atomic E-state index is 13.5. The minimum Gasteiger partial charge on any atom is -0.488 e. The molecule has 0 atom stereocenters. The van der Waals surface area contributed by atoms with E-state index in [1.807, 2.05) is 6.08 Å². The summed E-state index contributed by atoms with van der Waals surface area (Å²) in [6.45, 7) is 9.56. The Labute approximate surface area is 172 Å². The van der Waals surface area contributed by atoms with E-state index in [4.69, 9.17) is 4.74 Å². The van der Waals surface area contributed by atoms with Crippen LogP contribution in [0, 0.1) is 5.82 Å². The average Bonchev–Trinajstić information content (AvgIpc) is 3.37. The minimum atomic E-state index is -1.00. The number of carbonyl (C=O) groups is 1. The maximum Gasteiger partial charge on any atom is 0.260 e. The number of amides is 1. The summed E-state index contributed by atoms with van der Waals surface area (Å²) < 4.78 is 21.7. The van der Waals surface area contributed by atoms with Crippen molar-refractivity contribution in [1.82, 2.24) is 3.97 Å². The van der Waals surface area contributed by atoms with Gasteiger partial charge >= 0.3 is 0 Å². The highest BCUT2D eigenvalue weighted by molar-refractivity contribution is 8.32. The number of aromatic nitrogens is 1. The SMILES string of the molecule is CC(C)S(C)(C(C)C)n1ccc(C2=C/C(=C3\C(=O)Nc4cc(F)ccc43)OC2)c1. The van der Waals surface area contributed by atoms with Crippen molar-refractivity contribution in [2.45, 2.75) is 38.2 Å². The second kappa shape index (κ2) is 7.10. The van der Waals surface area contributed by atoms with Gasteiger partial charge in [0.05, 0.1) is 11.3 Å². The Morgan fingerprint density at radius 1 is 1.17 bits per heavy atom. The molecule has 2 aliphatic heterocycles. The molecule has 6 heteroatoms. The summed E-state index contributed by atoms with van der Waals surface area (Å²) in [6.07, 6.45) is 8.68. The third kappa shape index (κ3) is 3.19. The van der Waals surface area contributed by atoms with E-state index >= 15 is 0 Å². The Bertz CT molecular complexity index is 1040. The fraction of sp³-hybridized carbons (Fsp3) is 0.348. The molecule has 0 fully saturated rings. The highest BCUT2D eigenvalue weighted by Crippen LogP contribution is 2.54. The van der Waals surface area contributed by atoms with E-state index in [2.05, 4.69) is 61.7 Å². The number of anilines is 1. The van der Waals surface area contributed by atoms with Crippen molar-refractivity contribution in [3.8, 4) is 0 Å². The number of allylic oxidation sites excluding steroid dienone is 1. The van der Waals surface area contributed by atoms with E-state index in [-0.39, 0.29) is 11.7 Å². The van der Waals surface area contributed by atoms with E-state index in [0.717, 1.165) is 11.1 Å². The first-order valence-corrected chi connectivity index (χ1v) is 12.0. The molecule has 29 heavy (non-hydrogen) atoms. The standard InChI is InChI=1S/C23H27FN2O2S/c1-14(2)29(5,15(3)4)26-9-8-16(12-26)17-10-21(28-13-17)22-19-7-6-18(24)11-20(19)25-23(22)27/h6-12,14-15H,13H2,1-5H3,(H,25,27)/b22-21+. The van der Waals surface area contributed by atoms with Crippen molar-refractivity contribution in [2.75, 3.05) is 18.2 Å². The number of benzene rings is 1. The molecule has 1 aromatic carbocycles. The minimum absolute atomic E-state index is 0.257. The van der Waals surface area contributed by atoms with Crippen LogP contribution < -0.4 is 5.32 Å². The number of hydrogen-bond acceptors (Lipinski definition) is 2. The lowest BCUT2D eigenvalue weighted by atomic mass is 10.0. The predicted molar refractivity (Wildman–Crippen MR) is 119 cm³/mol. The molecule has 0 aliphatic carbocycles. The second-order valence-electron chi connectivity index (χ2n) is 8.20. The van der Waals surface area contributed by atoms with Gasteiger partial charge in [-0.1, -0.05) is 27.7 Å². The van der Waals surface area contributed by atoms with Crippen LogP contribution in [0.2, 0.25) is 0 Å². The van der Waals surface area contributed by atoms with Gasteiger partial charge in [-0.2, -0.15) is 10.2 Å². The number of fused-ring (bicyclic) bond motifs is 1. The summed E-state index contributed by atoms with van der Waals surface area (Å²) in [5.41, 5.74) is 3.79. The average molecular weight is 415 g/mol. The first kappa shape index (κ1) is 19.8. The summed E-state index contributed by atoms with van der Waals surface area (Å²) in [7, 11) is -1.00. The zero-order valence-corrected chi connectivity index (χ0v) is 18.3. The quantitative estimate of drug-likeness (QED) is 0.679. The molecule has 1 aromatic heterocycles. The highest BCUT2D eigenvalue weighted by Gasteiger charge is 2.31. The molecule has 0 spiro atoms. The number of nitrogens with one attached hydrogen (secondary N) is 1. The molecule has 0 unspecified atom stereocenters. The Morgan fingerprint density at radius 2 is 1.90 bits per heavy atom. The fourth-order valence-corrected chi connectivity index (χ4v) is 6.67. The molecule has 4 nitrogen and oxygen atoms in total. The van der Waals surface area contributed by atoms with Crippen molar-refractivity contribution < 1.29 is 13.9 Å². The highest BCUT2D eigenvalue weighted by atomic mass is 32.3. The van der Waals surface area contributed by atoms with Crippen LogP contribution in [-0.2, 0) is 9.53 Å². The molecule has 2 aromatic rings. The Kier molecular flexibility index (Phi) is 4.85. The summed E-state index contributed by atoms with van der Waals surface area (Å²) >= 11 is 0. The summed E-state index contributed by atoms with van der Waals surface area (Å²) in [4.78, 5) is 12.5. The predicted octanol–water partition coefficient (Wildman–Crippen LogP) is 5.42. The van der Waals surface area contributed by atoms with Crippen molar-refractivity contribution >= 4 is 33.0 Å². The third-order valence-electron chi connectivity index (χ3n) is 6.06. The van der Waals surface area contributed by atoms with Crippen molar-refractivity contribution in [3.63, 3.8) is 0 Å².